The smallest absolute Gasteiger partial charge is 0.254 e. The Kier molecular flexibility index (Phi) is 8.72. The van der Waals surface area contributed by atoms with Gasteiger partial charge in [-0.2, -0.15) is 0 Å². The number of rotatable bonds is 7. The molecule has 0 spiro atoms. The zero-order valence-corrected chi connectivity index (χ0v) is 20.5. The number of allylic oxidation sites excluding steroid dienone is 2. The molecule has 1 atom stereocenters. The summed E-state index contributed by atoms with van der Waals surface area (Å²) in [7, 11) is 0. The van der Waals surface area contributed by atoms with Crippen LogP contribution >= 0.6 is 35.0 Å². The summed E-state index contributed by atoms with van der Waals surface area (Å²) in [5.74, 6) is -0.0702. The van der Waals surface area contributed by atoms with E-state index < -0.39 is 0 Å². The Hall–Kier alpha value is -2.61. The number of hydrogen-bond donors (Lipinski definition) is 2. The monoisotopic (exact) mass is 504 g/mol. The van der Waals surface area contributed by atoms with Gasteiger partial charge < -0.3 is 21.3 Å². The molecule has 0 radical (unpaired) electrons. The number of Topliss-reactive ketones (excluding diaryl/α,β-unsaturated/α-hetero) is 1. The number of thioether (sulfide) groups is 1. The first kappa shape index (κ1) is 25.0. The number of benzene rings is 2. The minimum absolute atomic E-state index is 0.0662. The van der Waals surface area contributed by atoms with Gasteiger partial charge in [0.25, 0.3) is 5.91 Å². The number of amides is 1. The maximum Gasteiger partial charge on any atom is 0.254 e. The van der Waals surface area contributed by atoms with Gasteiger partial charge in [0.15, 0.2) is 5.78 Å². The van der Waals surface area contributed by atoms with Crippen molar-refractivity contribution in [3.8, 4) is 0 Å². The SMILES string of the molecule is CC1CN(C(=O)c2ccc(SCC(=O)C(/C=C\N)=C/N)c(Cl)c2)CCN1c1cccc(Cl)c1. The molecule has 1 unspecified atom stereocenters. The third-order valence-electron chi connectivity index (χ3n) is 5.37. The van der Waals surface area contributed by atoms with Crippen LogP contribution in [0.2, 0.25) is 10.0 Å². The standard InChI is InChI=1S/C24H26Cl2N4O2S/c1-16-14-29(9-10-30(16)20-4-2-3-19(25)12-20)24(32)17-5-6-23(21(26)11-17)33-15-22(31)18(13-28)7-8-27/h2-8,11-13,16H,9-10,14-15,27-28H2,1H3/b8-7-,18-13+. The highest BCUT2D eigenvalue weighted by atomic mass is 35.5. The lowest BCUT2D eigenvalue weighted by Gasteiger charge is -2.41. The van der Waals surface area contributed by atoms with Gasteiger partial charge in [-0.3, -0.25) is 9.59 Å². The van der Waals surface area contributed by atoms with Gasteiger partial charge in [0, 0.05) is 58.6 Å². The van der Waals surface area contributed by atoms with Gasteiger partial charge in [-0.25, -0.2) is 0 Å². The van der Waals surface area contributed by atoms with Gasteiger partial charge in [0.05, 0.1) is 10.8 Å². The van der Waals surface area contributed by atoms with Gasteiger partial charge in [0.2, 0.25) is 0 Å². The van der Waals surface area contributed by atoms with Gasteiger partial charge in [-0.05, 0) is 55.6 Å². The van der Waals surface area contributed by atoms with Crippen LogP contribution in [0.1, 0.15) is 17.3 Å². The zero-order chi connectivity index (χ0) is 24.0. The van der Waals surface area contributed by atoms with Crippen LogP contribution in [-0.2, 0) is 4.79 Å². The van der Waals surface area contributed by atoms with Crippen molar-refractivity contribution < 1.29 is 9.59 Å². The highest BCUT2D eigenvalue weighted by molar-refractivity contribution is 8.00. The van der Waals surface area contributed by atoms with E-state index in [0.717, 1.165) is 5.69 Å². The Morgan fingerprint density at radius 2 is 1.94 bits per heavy atom. The minimum Gasteiger partial charge on any atom is -0.405 e. The summed E-state index contributed by atoms with van der Waals surface area (Å²) >= 11 is 13.8. The molecule has 9 heteroatoms. The fourth-order valence-corrected chi connectivity index (χ4v) is 5.03. The molecule has 1 heterocycles. The molecule has 2 aromatic rings. The number of carbonyl (C=O) groups excluding carboxylic acids is 2. The molecular weight excluding hydrogens is 479 g/mol. The van der Waals surface area contributed by atoms with Crippen LogP contribution in [-0.4, -0.2) is 48.0 Å². The lowest BCUT2D eigenvalue weighted by molar-refractivity contribution is -0.112. The second-order valence-corrected chi connectivity index (χ2v) is 9.47. The maximum atomic E-state index is 13.1. The maximum absolute atomic E-state index is 13.1. The third-order valence-corrected chi connectivity index (χ3v) is 7.10. The van der Waals surface area contributed by atoms with E-state index in [4.69, 9.17) is 34.7 Å². The predicted octanol–water partition coefficient (Wildman–Crippen LogP) is 4.32. The summed E-state index contributed by atoms with van der Waals surface area (Å²) in [6, 6.07) is 13.1. The summed E-state index contributed by atoms with van der Waals surface area (Å²) in [6.45, 7) is 4.00. The molecule has 3 rings (SSSR count). The van der Waals surface area contributed by atoms with Crippen molar-refractivity contribution >= 4 is 52.3 Å². The molecule has 2 aromatic carbocycles. The molecule has 0 aromatic heterocycles. The van der Waals surface area contributed by atoms with E-state index in [1.54, 1.807) is 18.2 Å². The Bertz CT molecular complexity index is 1090. The Morgan fingerprint density at radius 1 is 1.15 bits per heavy atom. The average Bonchev–Trinajstić information content (AvgIpc) is 2.80. The molecule has 1 fully saturated rings. The predicted molar refractivity (Wildman–Crippen MR) is 137 cm³/mol. The minimum atomic E-state index is -0.160. The molecule has 6 nitrogen and oxygen atoms in total. The van der Waals surface area contributed by atoms with Gasteiger partial charge in [-0.1, -0.05) is 29.3 Å². The van der Waals surface area contributed by atoms with E-state index in [0.29, 0.717) is 45.7 Å². The molecular formula is C24H26Cl2N4O2S. The first-order chi connectivity index (χ1) is 15.8. The number of nitrogens with zero attached hydrogens (tertiary/aromatic N) is 2. The fraction of sp³-hybridized carbons (Fsp3) is 0.250. The Balaban J connectivity index is 1.63. The van der Waals surface area contributed by atoms with E-state index in [-0.39, 0.29) is 23.5 Å². The first-order valence-electron chi connectivity index (χ1n) is 10.4. The van der Waals surface area contributed by atoms with E-state index in [1.807, 2.05) is 29.2 Å². The lowest BCUT2D eigenvalue weighted by atomic mass is 10.1. The summed E-state index contributed by atoms with van der Waals surface area (Å²) in [5, 5.41) is 1.12. The van der Waals surface area contributed by atoms with Crippen LogP contribution in [0.25, 0.3) is 0 Å². The zero-order valence-electron chi connectivity index (χ0n) is 18.2. The molecule has 1 saturated heterocycles. The molecule has 33 heavy (non-hydrogen) atoms. The number of anilines is 1. The average molecular weight is 505 g/mol. The van der Waals surface area contributed by atoms with Crippen LogP contribution < -0.4 is 16.4 Å². The van der Waals surface area contributed by atoms with Gasteiger partial charge >= 0.3 is 0 Å². The second-order valence-electron chi connectivity index (χ2n) is 7.61. The largest absolute Gasteiger partial charge is 0.405 e. The Morgan fingerprint density at radius 3 is 2.58 bits per heavy atom. The molecule has 0 saturated carbocycles. The number of halogens is 2. The number of nitrogens with two attached hydrogens (primary N) is 2. The summed E-state index contributed by atoms with van der Waals surface area (Å²) in [5.41, 5.74) is 12.7. The highest BCUT2D eigenvalue weighted by Gasteiger charge is 2.28. The van der Waals surface area contributed by atoms with Gasteiger partial charge in [-0.15, -0.1) is 11.8 Å². The van der Waals surface area contributed by atoms with Crippen molar-refractivity contribution in [2.45, 2.75) is 17.9 Å². The molecule has 1 amide bonds. The molecule has 0 aliphatic carbocycles. The van der Waals surface area contributed by atoms with Crippen LogP contribution in [0.5, 0.6) is 0 Å². The third kappa shape index (κ3) is 6.25. The molecule has 4 N–H and O–H groups in total. The van der Waals surface area contributed by atoms with Crippen LogP contribution in [0, 0.1) is 0 Å². The van der Waals surface area contributed by atoms with Crippen LogP contribution in [0.15, 0.2) is 71.4 Å². The van der Waals surface area contributed by atoms with Crippen molar-refractivity contribution in [2.75, 3.05) is 30.3 Å². The second kappa shape index (κ2) is 11.5. The number of hydrogen-bond acceptors (Lipinski definition) is 6. The van der Waals surface area contributed by atoms with Crippen molar-refractivity contribution in [3.05, 3.63) is 82.1 Å². The van der Waals surface area contributed by atoms with Gasteiger partial charge in [0.1, 0.15) is 0 Å². The highest BCUT2D eigenvalue weighted by Crippen LogP contribution is 2.30. The van der Waals surface area contributed by atoms with E-state index >= 15 is 0 Å². The fourth-order valence-electron chi connectivity index (χ4n) is 3.69. The van der Waals surface area contributed by atoms with Crippen molar-refractivity contribution in [3.63, 3.8) is 0 Å². The van der Waals surface area contributed by atoms with Crippen molar-refractivity contribution in [2.24, 2.45) is 11.5 Å². The lowest BCUT2D eigenvalue weighted by Crippen LogP contribution is -2.53. The number of piperazine rings is 1. The number of carbonyl (C=O) groups is 2. The topological polar surface area (TPSA) is 92.7 Å². The summed E-state index contributed by atoms with van der Waals surface area (Å²) in [4.78, 5) is 30.1. The first-order valence-corrected chi connectivity index (χ1v) is 12.2. The van der Waals surface area contributed by atoms with Crippen molar-refractivity contribution in [1.29, 1.82) is 0 Å². The van der Waals surface area contributed by atoms with Crippen LogP contribution in [0.3, 0.4) is 0 Å². The summed E-state index contributed by atoms with van der Waals surface area (Å²) < 4.78 is 0. The quantitative estimate of drug-likeness (QED) is 0.331. The van der Waals surface area contributed by atoms with E-state index in [1.165, 1.54) is 30.2 Å². The summed E-state index contributed by atoms with van der Waals surface area (Å²) in [6.07, 6.45) is 3.95. The van der Waals surface area contributed by atoms with Crippen molar-refractivity contribution in [1.82, 2.24) is 4.90 Å². The molecule has 1 aliphatic heterocycles. The van der Waals surface area contributed by atoms with Crippen LogP contribution in [0.4, 0.5) is 5.69 Å². The van der Waals surface area contributed by atoms with E-state index in [2.05, 4.69) is 11.8 Å². The normalized spacial score (nSPS) is 16.9. The molecule has 1 aliphatic rings. The van der Waals surface area contributed by atoms with E-state index in [9.17, 15) is 9.59 Å². The number of ketones is 1. The molecule has 0 bridgehead atoms. The molecule has 174 valence electrons. The Labute approximate surface area is 208 Å².